The third kappa shape index (κ3) is 5.52. The minimum Gasteiger partial charge on any atom is -0.489 e. The molecule has 1 aromatic carbocycles. The molecule has 0 saturated heterocycles. The molecule has 0 aliphatic rings. The number of hydrogen-bond acceptors (Lipinski definition) is 3. The van der Waals surface area contributed by atoms with Crippen LogP contribution < -0.4 is 14.2 Å². The van der Waals surface area contributed by atoms with Crippen molar-refractivity contribution >= 4 is 6.08 Å². The molecule has 0 spiro atoms. The Morgan fingerprint density at radius 3 is 1.73 bits per heavy atom. The van der Waals surface area contributed by atoms with E-state index in [9.17, 15) is 0 Å². The Bertz CT molecular complexity index is 519. The molecular formula is C19H24O3. The monoisotopic (exact) mass is 300 g/mol. The number of benzene rings is 1. The first-order valence-electron chi connectivity index (χ1n) is 7.16. The summed E-state index contributed by atoms with van der Waals surface area (Å²) < 4.78 is 17.1. The molecule has 3 heteroatoms. The molecule has 22 heavy (non-hydrogen) atoms. The van der Waals surface area contributed by atoms with E-state index in [4.69, 9.17) is 14.2 Å². The first-order chi connectivity index (χ1) is 10.6. The van der Waals surface area contributed by atoms with Crippen LogP contribution >= 0.6 is 0 Å². The smallest absolute Gasteiger partial charge is 0.134 e. The highest BCUT2D eigenvalue weighted by Crippen LogP contribution is 2.36. The highest BCUT2D eigenvalue weighted by Gasteiger charge is 2.12. The van der Waals surface area contributed by atoms with E-state index in [-0.39, 0.29) is 0 Å². The van der Waals surface area contributed by atoms with Crippen molar-refractivity contribution in [1.82, 2.24) is 0 Å². The topological polar surface area (TPSA) is 27.7 Å². The second-order valence-electron chi connectivity index (χ2n) is 4.85. The highest BCUT2D eigenvalue weighted by atomic mass is 16.5. The summed E-state index contributed by atoms with van der Waals surface area (Å²) in [4.78, 5) is 0. The summed E-state index contributed by atoms with van der Waals surface area (Å²) in [5, 5.41) is 0. The Morgan fingerprint density at radius 1 is 0.864 bits per heavy atom. The molecule has 0 aliphatic heterocycles. The van der Waals surface area contributed by atoms with Gasteiger partial charge in [0.25, 0.3) is 0 Å². The summed E-state index contributed by atoms with van der Waals surface area (Å²) in [6, 6.07) is 3.70. The van der Waals surface area contributed by atoms with Crippen LogP contribution in [0.5, 0.6) is 17.2 Å². The SMILES string of the molecule is C=CCOc1cc(OCC=C)c(C=C(C)C)c(OCC=C)c1. The summed E-state index contributed by atoms with van der Waals surface area (Å²) in [5.74, 6) is 2.06. The van der Waals surface area contributed by atoms with Gasteiger partial charge < -0.3 is 14.2 Å². The zero-order valence-electron chi connectivity index (χ0n) is 13.4. The van der Waals surface area contributed by atoms with E-state index in [0.717, 1.165) is 11.1 Å². The molecular weight excluding hydrogens is 276 g/mol. The molecule has 0 aliphatic carbocycles. The summed E-state index contributed by atoms with van der Waals surface area (Å²) in [6.45, 7) is 16.3. The number of ether oxygens (including phenoxy) is 3. The quantitative estimate of drug-likeness (QED) is 0.581. The first-order valence-corrected chi connectivity index (χ1v) is 7.16. The van der Waals surface area contributed by atoms with E-state index >= 15 is 0 Å². The van der Waals surface area contributed by atoms with Crippen LogP contribution in [0.4, 0.5) is 0 Å². The molecule has 1 rings (SSSR count). The van der Waals surface area contributed by atoms with Crippen LogP contribution in [0.15, 0.2) is 55.7 Å². The fraction of sp³-hybridized carbons (Fsp3) is 0.263. The Hall–Kier alpha value is -2.42. The van der Waals surface area contributed by atoms with Gasteiger partial charge in [0.1, 0.15) is 37.1 Å². The molecule has 3 nitrogen and oxygen atoms in total. The lowest BCUT2D eigenvalue weighted by molar-refractivity contribution is 0.327. The normalized spacial score (nSPS) is 9.55. The standard InChI is InChI=1S/C19H24O3/c1-6-9-20-16-13-18(21-10-7-2)17(12-15(4)5)19(14-16)22-11-8-3/h6-8,12-14H,1-3,9-11H2,4-5H3. The van der Waals surface area contributed by atoms with Crippen LogP contribution in [0, 0.1) is 0 Å². The molecule has 0 N–H and O–H groups in total. The predicted octanol–water partition coefficient (Wildman–Crippen LogP) is 4.80. The van der Waals surface area contributed by atoms with Crippen molar-refractivity contribution in [3.63, 3.8) is 0 Å². The van der Waals surface area contributed by atoms with Gasteiger partial charge in [-0.1, -0.05) is 43.5 Å². The van der Waals surface area contributed by atoms with Crippen molar-refractivity contribution < 1.29 is 14.2 Å². The van der Waals surface area contributed by atoms with Crippen molar-refractivity contribution in [2.75, 3.05) is 19.8 Å². The van der Waals surface area contributed by atoms with E-state index in [0.29, 0.717) is 37.1 Å². The first kappa shape index (κ1) is 17.6. The van der Waals surface area contributed by atoms with Crippen LogP contribution in [-0.4, -0.2) is 19.8 Å². The van der Waals surface area contributed by atoms with Gasteiger partial charge >= 0.3 is 0 Å². The van der Waals surface area contributed by atoms with Gasteiger partial charge in [-0.25, -0.2) is 0 Å². The van der Waals surface area contributed by atoms with Gasteiger partial charge in [0.05, 0.1) is 5.56 Å². The molecule has 0 atom stereocenters. The highest BCUT2D eigenvalue weighted by molar-refractivity contribution is 5.68. The van der Waals surface area contributed by atoms with Gasteiger partial charge in [0.2, 0.25) is 0 Å². The van der Waals surface area contributed by atoms with Gasteiger partial charge in [-0.15, -0.1) is 0 Å². The molecule has 1 aromatic rings. The third-order valence-corrected chi connectivity index (χ3v) is 2.59. The molecule has 0 saturated carbocycles. The minimum atomic E-state index is 0.412. The molecule has 0 bridgehead atoms. The van der Waals surface area contributed by atoms with Crippen molar-refractivity contribution in [2.24, 2.45) is 0 Å². The van der Waals surface area contributed by atoms with E-state index in [1.165, 1.54) is 0 Å². The third-order valence-electron chi connectivity index (χ3n) is 2.59. The zero-order chi connectivity index (χ0) is 16.4. The maximum Gasteiger partial charge on any atom is 0.134 e. The van der Waals surface area contributed by atoms with E-state index in [1.807, 2.05) is 32.1 Å². The second-order valence-corrected chi connectivity index (χ2v) is 4.85. The lowest BCUT2D eigenvalue weighted by atomic mass is 10.1. The van der Waals surface area contributed by atoms with E-state index < -0.39 is 0 Å². The van der Waals surface area contributed by atoms with Crippen LogP contribution in [0.3, 0.4) is 0 Å². The minimum absolute atomic E-state index is 0.412. The summed E-state index contributed by atoms with van der Waals surface area (Å²) in [7, 11) is 0. The van der Waals surface area contributed by atoms with Gasteiger partial charge in [-0.05, 0) is 19.9 Å². The van der Waals surface area contributed by atoms with Crippen molar-refractivity contribution in [3.8, 4) is 17.2 Å². The van der Waals surface area contributed by atoms with Gasteiger partial charge in [0.15, 0.2) is 0 Å². The zero-order valence-corrected chi connectivity index (χ0v) is 13.4. The van der Waals surface area contributed by atoms with Crippen LogP contribution in [0.25, 0.3) is 6.08 Å². The Balaban J connectivity index is 3.30. The molecule has 118 valence electrons. The second kappa shape index (κ2) is 9.50. The maximum atomic E-state index is 5.75. The van der Waals surface area contributed by atoms with Crippen LogP contribution in [0.1, 0.15) is 19.4 Å². The lowest BCUT2D eigenvalue weighted by Crippen LogP contribution is -2.02. The number of hydrogen-bond donors (Lipinski definition) is 0. The fourth-order valence-corrected chi connectivity index (χ4v) is 1.78. The van der Waals surface area contributed by atoms with Gasteiger partial charge in [-0.3, -0.25) is 0 Å². The summed E-state index contributed by atoms with van der Waals surface area (Å²) in [5.41, 5.74) is 2.03. The largest absolute Gasteiger partial charge is 0.489 e. The van der Waals surface area contributed by atoms with Gasteiger partial charge in [0, 0.05) is 12.1 Å². The van der Waals surface area contributed by atoms with Crippen LogP contribution in [0.2, 0.25) is 0 Å². The number of rotatable bonds is 10. The maximum absolute atomic E-state index is 5.75. The van der Waals surface area contributed by atoms with Crippen molar-refractivity contribution in [2.45, 2.75) is 13.8 Å². The van der Waals surface area contributed by atoms with Crippen molar-refractivity contribution in [1.29, 1.82) is 0 Å². The lowest BCUT2D eigenvalue weighted by Gasteiger charge is -2.16. The molecule has 0 aromatic heterocycles. The molecule has 0 heterocycles. The average Bonchev–Trinajstić information content (AvgIpc) is 2.50. The Morgan fingerprint density at radius 2 is 1.32 bits per heavy atom. The molecule has 0 amide bonds. The summed E-state index contributed by atoms with van der Waals surface area (Å²) >= 11 is 0. The predicted molar refractivity (Wildman–Crippen MR) is 92.8 cm³/mol. The van der Waals surface area contributed by atoms with Crippen LogP contribution in [-0.2, 0) is 0 Å². The number of allylic oxidation sites excluding steroid dienone is 1. The molecule has 0 fully saturated rings. The Labute approximate surface area is 133 Å². The molecule has 0 unspecified atom stereocenters. The van der Waals surface area contributed by atoms with E-state index in [1.54, 1.807) is 18.2 Å². The molecule has 0 radical (unpaired) electrons. The fourth-order valence-electron chi connectivity index (χ4n) is 1.78. The van der Waals surface area contributed by atoms with Gasteiger partial charge in [-0.2, -0.15) is 0 Å². The Kier molecular flexibility index (Phi) is 7.62. The summed E-state index contributed by atoms with van der Waals surface area (Å²) in [6.07, 6.45) is 7.12. The van der Waals surface area contributed by atoms with E-state index in [2.05, 4.69) is 19.7 Å². The van der Waals surface area contributed by atoms with Crippen molar-refractivity contribution in [3.05, 3.63) is 61.2 Å². The average molecular weight is 300 g/mol.